The fourth-order valence-electron chi connectivity index (χ4n) is 4.84. The summed E-state index contributed by atoms with van der Waals surface area (Å²) in [4.78, 5) is 17.5. The minimum Gasteiger partial charge on any atom is -0.493 e. The molecule has 0 saturated carbocycles. The number of aromatic nitrogens is 3. The molecule has 42 heavy (non-hydrogen) atoms. The Labute approximate surface area is 245 Å². The number of hydrogen-bond donors (Lipinski definition) is 1. The van der Waals surface area contributed by atoms with Crippen molar-refractivity contribution < 1.29 is 33.0 Å². The lowest BCUT2D eigenvalue weighted by Crippen LogP contribution is -2.63. The van der Waals surface area contributed by atoms with E-state index in [4.69, 9.17) is 28.2 Å². The second kappa shape index (κ2) is 11.3. The predicted molar refractivity (Wildman–Crippen MR) is 156 cm³/mol. The number of nitrogens with one attached hydrogen (secondary N) is 1. The fraction of sp³-hybridized carbons (Fsp3) is 0.452. The second-order valence-electron chi connectivity index (χ2n) is 11.8. The highest BCUT2D eigenvalue weighted by atomic mass is 16.7. The number of nitrogens with zero attached hydrogens (tertiary/aromatic N) is 3. The van der Waals surface area contributed by atoms with Crippen molar-refractivity contribution in [3.05, 3.63) is 48.7 Å². The standard InChI is InChI=1S/C31H38N4O7/c1-8-38-24-13-12-20(16-25(24)37-7)27-32-26(34-42-27)22-10-9-11-23-21(22)14-15-35(23)17-31(18-39-30(5,6)40-19-31)33-28(36)41-29(2,3)4/h9-16H,8,17-19H2,1-7H3,(H,33,36). The summed E-state index contributed by atoms with van der Waals surface area (Å²) < 4.78 is 36.3. The van der Waals surface area contributed by atoms with E-state index in [0.29, 0.717) is 41.9 Å². The number of amides is 1. The second-order valence-corrected chi connectivity index (χ2v) is 11.8. The minimum absolute atomic E-state index is 0.248. The van der Waals surface area contributed by atoms with Gasteiger partial charge < -0.3 is 38.1 Å². The molecule has 0 bridgehead atoms. The van der Waals surface area contributed by atoms with Crippen molar-refractivity contribution in [3.63, 3.8) is 0 Å². The Balaban J connectivity index is 1.44. The number of carbonyl (C=O) groups is 1. The summed E-state index contributed by atoms with van der Waals surface area (Å²) >= 11 is 0. The van der Waals surface area contributed by atoms with E-state index in [1.54, 1.807) is 7.11 Å². The molecule has 11 heteroatoms. The Morgan fingerprint density at radius 3 is 2.55 bits per heavy atom. The lowest BCUT2D eigenvalue weighted by molar-refractivity contribution is -0.272. The molecule has 0 spiro atoms. The molecule has 2 aromatic heterocycles. The van der Waals surface area contributed by atoms with E-state index in [-0.39, 0.29) is 13.2 Å². The average Bonchev–Trinajstić information content (AvgIpc) is 3.58. The zero-order valence-corrected chi connectivity index (χ0v) is 25.1. The van der Waals surface area contributed by atoms with Crippen molar-refractivity contribution in [1.82, 2.24) is 20.0 Å². The van der Waals surface area contributed by atoms with Gasteiger partial charge in [-0.05, 0) is 71.9 Å². The third-order valence-corrected chi connectivity index (χ3v) is 6.82. The molecule has 3 heterocycles. The van der Waals surface area contributed by atoms with Gasteiger partial charge in [0.05, 0.1) is 33.5 Å². The zero-order chi connectivity index (χ0) is 30.1. The normalized spacial score (nSPS) is 16.3. The molecule has 1 aliphatic rings. The molecule has 4 aromatic rings. The molecule has 5 rings (SSSR count). The lowest BCUT2D eigenvalue weighted by atomic mass is 10.00. The van der Waals surface area contributed by atoms with Gasteiger partial charge in [0.25, 0.3) is 5.89 Å². The van der Waals surface area contributed by atoms with Gasteiger partial charge in [-0.1, -0.05) is 17.3 Å². The summed E-state index contributed by atoms with van der Waals surface area (Å²) in [6, 6.07) is 13.4. The molecule has 1 amide bonds. The van der Waals surface area contributed by atoms with E-state index in [9.17, 15) is 4.79 Å². The first kappa shape index (κ1) is 29.4. The molecular formula is C31H38N4O7. The third kappa shape index (κ3) is 6.37. The van der Waals surface area contributed by atoms with Gasteiger partial charge >= 0.3 is 6.09 Å². The topological polar surface area (TPSA) is 119 Å². The molecule has 11 nitrogen and oxygen atoms in total. The van der Waals surface area contributed by atoms with Gasteiger partial charge in [-0.2, -0.15) is 4.98 Å². The molecule has 0 aliphatic carbocycles. The Morgan fingerprint density at radius 1 is 1.10 bits per heavy atom. The molecule has 0 radical (unpaired) electrons. The van der Waals surface area contributed by atoms with E-state index < -0.39 is 23.0 Å². The molecule has 1 aliphatic heterocycles. The van der Waals surface area contributed by atoms with E-state index in [2.05, 4.69) is 20.0 Å². The minimum atomic E-state index is -0.855. The highest BCUT2D eigenvalue weighted by Gasteiger charge is 2.43. The Morgan fingerprint density at radius 2 is 1.86 bits per heavy atom. The van der Waals surface area contributed by atoms with Crippen LogP contribution in [0.4, 0.5) is 4.79 Å². The molecule has 1 saturated heterocycles. The number of alkyl carbamates (subject to hydrolysis) is 1. The number of benzene rings is 2. The number of carbonyl (C=O) groups excluding carboxylic acids is 1. The lowest BCUT2D eigenvalue weighted by Gasteiger charge is -2.44. The quantitative estimate of drug-likeness (QED) is 0.276. The van der Waals surface area contributed by atoms with Crippen molar-refractivity contribution >= 4 is 17.0 Å². The molecular weight excluding hydrogens is 540 g/mol. The Bertz CT molecular complexity index is 1560. The monoisotopic (exact) mass is 578 g/mol. The van der Waals surface area contributed by atoms with Crippen LogP contribution >= 0.6 is 0 Å². The number of hydrogen-bond acceptors (Lipinski definition) is 9. The largest absolute Gasteiger partial charge is 0.493 e. The number of fused-ring (bicyclic) bond motifs is 1. The SMILES string of the molecule is CCOc1ccc(-c2nc(-c3cccc4c3ccn4CC3(NC(=O)OC(C)(C)C)COC(C)(C)OC3)no2)cc1OC. The first-order valence-corrected chi connectivity index (χ1v) is 13.9. The van der Waals surface area contributed by atoms with Crippen LogP contribution in [0.25, 0.3) is 33.7 Å². The van der Waals surface area contributed by atoms with Crippen LogP contribution in [0.2, 0.25) is 0 Å². The van der Waals surface area contributed by atoms with Gasteiger partial charge in [0.2, 0.25) is 5.82 Å². The van der Waals surface area contributed by atoms with Crippen LogP contribution in [0.1, 0.15) is 41.5 Å². The Kier molecular flexibility index (Phi) is 7.91. The molecule has 1 N–H and O–H groups in total. The summed E-state index contributed by atoms with van der Waals surface area (Å²) in [6.45, 7) is 12.5. The van der Waals surface area contributed by atoms with E-state index in [0.717, 1.165) is 16.5 Å². The van der Waals surface area contributed by atoms with Gasteiger partial charge in [-0.3, -0.25) is 0 Å². The van der Waals surface area contributed by atoms with Crippen LogP contribution in [-0.4, -0.2) is 64.7 Å². The van der Waals surface area contributed by atoms with Gasteiger partial charge in [0.1, 0.15) is 11.1 Å². The summed E-state index contributed by atoms with van der Waals surface area (Å²) in [5.41, 5.74) is 0.957. The van der Waals surface area contributed by atoms with Crippen LogP contribution in [0.5, 0.6) is 11.5 Å². The molecule has 0 unspecified atom stereocenters. The Hall–Kier alpha value is -4.09. The maximum atomic E-state index is 12.8. The number of rotatable bonds is 8. The van der Waals surface area contributed by atoms with Crippen molar-refractivity contribution in [2.45, 2.75) is 65.0 Å². The van der Waals surface area contributed by atoms with Crippen LogP contribution in [-0.2, 0) is 20.8 Å². The maximum Gasteiger partial charge on any atom is 0.408 e. The van der Waals surface area contributed by atoms with Crippen LogP contribution < -0.4 is 14.8 Å². The fourth-order valence-corrected chi connectivity index (χ4v) is 4.84. The number of ether oxygens (including phenoxy) is 5. The summed E-state index contributed by atoms with van der Waals surface area (Å²) in [7, 11) is 1.59. The summed E-state index contributed by atoms with van der Waals surface area (Å²) in [5, 5.41) is 8.23. The van der Waals surface area contributed by atoms with E-state index >= 15 is 0 Å². The van der Waals surface area contributed by atoms with E-state index in [1.807, 2.05) is 90.2 Å². The summed E-state index contributed by atoms with van der Waals surface area (Å²) in [6.07, 6.45) is 1.43. The van der Waals surface area contributed by atoms with E-state index in [1.165, 1.54) is 0 Å². The summed E-state index contributed by atoms with van der Waals surface area (Å²) in [5.74, 6) is 1.29. The molecule has 0 atom stereocenters. The van der Waals surface area contributed by atoms with Gasteiger partial charge in [-0.25, -0.2) is 4.79 Å². The van der Waals surface area contributed by atoms with Crippen LogP contribution in [0.3, 0.4) is 0 Å². The van der Waals surface area contributed by atoms with Crippen LogP contribution in [0.15, 0.2) is 53.2 Å². The molecule has 1 fully saturated rings. The first-order valence-electron chi connectivity index (χ1n) is 13.9. The smallest absolute Gasteiger partial charge is 0.408 e. The zero-order valence-electron chi connectivity index (χ0n) is 25.1. The van der Waals surface area contributed by atoms with Crippen molar-refractivity contribution in [1.29, 1.82) is 0 Å². The van der Waals surface area contributed by atoms with Crippen molar-refractivity contribution in [3.8, 4) is 34.3 Å². The average molecular weight is 579 g/mol. The molecule has 224 valence electrons. The predicted octanol–water partition coefficient (Wildman–Crippen LogP) is 5.81. The first-order chi connectivity index (χ1) is 19.9. The van der Waals surface area contributed by atoms with Crippen LogP contribution in [0, 0.1) is 0 Å². The highest BCUT2D eigenvalue weighted by Crippen LogP contribution is 2.35. The van der Waals surface area contributed by atoms with Gasteiger partial charge in [0, 0.05) is 28.2 Å². The maximum absolute atomic E-state index is 12.8. The highest BCUT2D eigenvalue weighted by molar-refractivity contribution is 5.94. The van der Waals surface area contributed by atoms with Crippen molar-refractivity contribution in [2.24, 2.45) is 0 Å². The number of methoxy groups -OCH3 is 1. The molecule has 2 aromatic carbocycles. The van der Waals surface area contributed by atoms with Gasteiger partial charge in [0.15, 0.2) is 17.3 Å². The third-order valence-electron chi connectivity index (χ3n) is 6.82. The van der Waals surface area contributed by atoms with Gasteiger partial charge in [-0.15, -0.1) is 0 Å². The van der Waals surface area contributed by atoms with Crippen molar-refractivity contribution in [2.75, 3.05) is 26.9 Å².